The van der Waals surface area contributed by atoms with Crippen molar-refractivity contribution in [3.8, 4) is 0 Å². The third kappa shape index (κ3) is 2.64. The summed E-state index contributed by atoms with van der Waals surface area (Å²) in [6, 6.07) is 0.703. The van der Waals surface area contributed by atoms with Crippen LogP contribution in [0.3, 0.4) is 0 Å². The molecule has 0 spiro atoms. The first-order valence-corrected chi connectivity index (χ1v) is 5.51. The van der Waals surface area contributed by atoms with Crippen LogP contribution >= 0.6 is 8.07 Å². The molecule has 0 saturated carbocycles. The van der Waals surface area contributed by atoms with Crippen LogP contribution in [0.2, 0.25) is 0 Å². The van der Waals surface area contributed by atoms with Crippen LogP contribution in [0.5, 0.6) is 0 Å². The van der Waals surface area contributed by atoms with E-state index in [9.17, 15) is 0 Å². The van der Waals surface area contributed by atoms with E-state index < -0.39 is 0 Å². The molecule has 0 aliphatic carbocycles. The molecule has 9 heavy (non-hydrogen) atoms. The van der Waals surface area contributed by atoms with Gasteiger partial charge in [-0.2, -0.15) is 0 Å². The fourth-order valence-electron chi connectivity index (χ4n) is 1.21. The van der Waals surface area contributed by atoms with Crippen LogP contribution in [0.4, 0.5) is 0 Å². The van der Waals surface area contributed by atoms with Gasteiger partial charge in [-0.15, -0.1) is 0 Å². The first kappa shape index (κ1) is 7.50. The lowest BCUT2D eigenvalue weighted by atomic mass is 10.4. The maximum atomic E-state index is 3.61. The van der Waals surface area contributed by atoms with E-state index in [2.05, 4.69) is 18.9 Å². The van der Waals surface area contributed by atoms with E-state index >= 15 is 0 Å². The second kappa shape index (κ2) is 3.53. The summed E-state index contributed by atoms with van der Waals surface area (Å²) < 4.78 is 0. The Bertz CT molecular complexity index is 77.0. The standard InChI is InChI=1S/C7H16NP/c1-7(2)8-9-5-3-4-6-9/h7-8H,3-6H2,1-2H3. The maximum absolute atomic E-state index is 3.61. The highest BCUT2D eigenvalue weighted by atomic mass is 31.1. The van der Waals surface area contributed by atoms with Crippen molar-refractivity contribution in [2.45, 2.75) is 32.7 Å². The summed E-state index contributed by atoms with van der Waals surface area (Å²) in [7, 11) is 0.265. The molecule has 0 atom stereocenters. The van der Waals surface area contributed by atoms with Crippen molar-refractivity contribution in [2.24, 2.45) is 0 Å². The molecule has 0 bridgehead atoms. The van der Waals surface area contributed by atoms with Crippen molar-refractivity contribution in [3.05, 3.63) is 0 Å². The average molecular weight is 145 g/mol. The minimum absolute atomic E-state index is 0.265. The molecule has 1 heterocycles. The van der Waals surface area contributed by atoms with E-state index in [4.69, 9.17) is 0 Å². The molecule has 0 aromatic rings. The zero-order chi connectivity index (χ0) is 6.69. The molecule has 1 aliphatic rings. The summed E-state index contributed by atoms with van der Waals surface area (Å²) >= 11 is 0. The minimum atomic E-state index is 0.265. The van der Waals surface area contributed by atoms with Crippen LogP contribution in [-0.4, -0.2) is 18.4 Å². The van der Waals surface area contributed by atoms with E-state index in [1.807, 2.05) is 0 Å². The summed E-state index contributed by atoms with van der Waals surface area (Å²) in [6.07, 6.45) is 5.86. The lowest BCUT2D eigenvalue weighted by Crippen LogP contribution is -2.17. The van der Waals surface area contributed by atoms with Gasteiger partial charge in [0.25, 0.3) is 0 Å². The van der Waals surface area contributed by atoms with Crippen LogP contribution in [0.25, 0.3) is 0 Å². The number of rotatable bonds is 2. The molecule has 54 valence electrons. The van der Waals surface area contributed by atoms with Gasteiger partial charge in [-0.3, -0.25) is 5.09 Å². The van der Waals surface area contributed by atoms with Gasteiger partial charge in [0.05, 0.1) is 0 Å². The quantitative estimate of drug-likeness (QED) is 0.587. The largest absolute Gasteiger partial charge is 0.293 e. The predicted octanol–water partition coefficient (Wildman–Crippen LogP) is 2.18. The summed E-state index contributed by atoms with van der Waals surface area (Å²) in [5.74, 6) is 0. The van der Waals surface area contributed by atoms with Gasteiger partial charge in [-0.1, -0.05) is 0 Å². The minimum Gasteiger partial charge on any atom is -0.293 e. The van der Waals surface area contributed by atoms with Gasteiger partial charge in [0.2, 0.25) is 0 Å². The molecular formula is C7H16NP. The van der Waals surface area contributed by atoms with Crippen molar-refractivity contribution < 1.29 is 0 Å². The highest BCUT2D eigenvalue weighted by Crippen LogP contribution is 2.39. The van der Waals surface area contributed by atoms with Crippen LogP contribution in [-0.2, 0) is 0 Å². The Morgan fingerprint density at radius 1 is 1.22 bits per heavy atom. The second-order valence-corrected chi connectivity index (χ2v) is 5.21. The van der Waals surface area contributed by atoms with E-state index in [0.29, 0.717) is 6.04 Å². The molecule has 1 rings (SSSR count). The summed E-state index contributed by atoms with van der Waals surface area (Å²) in [6.45, 7) is 4.47. The molecular weight excluding hydrogens is 129 g/mol. The summed E-state index contributed by atoms with van der Waals surface area (Å²) in [5, 5.41) is 3.61. The van der Waals surface area contributed by atoms with Gasteiger partial charge in [0.1, 0.15) is 0 Å². The van der Waals surface area contributed by atoms with Crippen molar-refractivity contribution in [1.82, 2.24) is 5.09 Å². The normalized spacial score (nSPS) is 21.7. The van der Waals surface area contributed by atoms with Crippen LogP contribution < -0.4 is 5.09 Å². The molecule has 0 aromatic carbocycles. The SMILES string of the molecule is CC(C)NP1CCCC1. The zero-order valence-corrected chi connectivity index (χ0v) is 7.25. The Balaban J connectivity index is 2.11. The number of nitrogens with one attached hydrogen (secondary N) is 1. The second-order valence-electron chi connectivity index (χ2n) is 2.98. The van der Waals surface area contributed by atoms with E-state index in [1.165, 1.54) is 25.2 Å². The molecule has 0 amide bonds. The van der Waals surface area contributed by atoms with Gasteiger partial charge in [0.15, 0.2) is 0 Å². The maximum Gasteiger partial charge on any atom is 0.00467 e. The average Bonchev–Trinajstić information content (AvgIpc) is 2.15. The first-order chi connectivity index (χ1) is 4.29. The highest BCUT2D eigenvalue weighted by Gasteiger charge is 2.13. The van der Waals surface area contributed by atoms with Gasteiger partial charge in [-0.05, 0) is 47.1 Å². The molecule has 1 N–H and O–H groups in total. The Morgan fingerprint density at radius 2 is 1.78 bits per heavy atom. The number of hydrogen-bond acceptors (Lipinski definition) is 1. The Labute approximate surface area is 59.0 Å². The van der Waals surface area contributed by atoms with Crippen molar-refractivity contribution in [1.29, 1.82) is 0 Å². The predicted molar refractivity (Wildman–Crippen MR) is 44.2 cm³/mol. The first-order valence-electron chi connectivity index (χ1n) is 3.80. The van der Waals surface area contributed by atoms with Crippen molar-refractivity contribution >= 4 is 8.07 Å². The fourth-order valence-corrected chi connectivity index (χ4v) is 3.63. The van der Waals surface area contributed by atoms with E-state index in [-0.39, 0.29) is 8.07 Å². The number of hydrogen-bond donors (Lipinski definition) is 1. The molecule has 1 fully saturated rings. The molecule has 1 aliphatic heterocycles. The lowest BCUT2D eigenvalue weighted by molar-refractivity contribution is 0.760. The van der Waals surface area contributed by atoms with Crippen molar-refractivity contribution in [2.75, 3.05) is 12.3 Å². The van der Waals surface area contributed by atoms with Gasteiger partial charge < -0.3 is 0 Å². The summed E-state index contributed by atoms with van der Waals surface area (Å²) in [4.78, 5) is 0. The van der Waals surface area contributed by atoms with Crippen LogP contribution in [0.15, 0.2) is 0 Å². The molecule has 0 aromatic heterocycles. The van der Waals surface area contributed by atoms with Crippen LogP contribution in [0.1, 0.15) is 26.7 Å². The Kier molecular flexibility index (Phi) is 2.94. The smallest absolute Gasteiger partial charge is 0.00467 e. The summed E-state index contributed by atoms with van der Waals surface area (Å²) in [5.41, 5.74) is 0. The molecule has 2 heteroatoms. The van der Waals surface area contributed by atoms with Crippen molar-refractivity contribution in [3.63, 3.8) is 0 Å². The molecule has 0 unspecified atom stereocenters. The lowest BCUT2D eigenvalue weighted by Gasteiger charge is -2.14. The van der Waals surface area contributed by atoms with Crippen LogP contribution in [0, 0.1) is 0 Å². The van der Waals surface area contributed by atoms with Gasteiger partial charge >= 0.3 is 0 Å². The molecule has 0 radical (unpaired) electrons. The van der Waals surface area contributed by atoms with Gasteiger partial charge in [0, 0.05) is 6.04 Å². The van der Waals surface area contributed by atoms with E-state index in [1.54, 1.807) is 0 Å². The molecule has 1 saturated heterocycles. The topological polar surface area (TPSA) is 12.0 Å². The molecule has 1 nitrogen and oxygen atoms in total. The third-order valence-corrected chi connectivity index (χ3v) is 4.14. The Hall–Kier alpha value is 0.390. The third-order valence-electron chi connectivity index (χ3n) is 1.55. The fraction of sp³-hybridized carbons (Fsp3) is 1.00. The van der Waals surface area contributed by atoms with Gasteiger partial charge in [-0.25, -0.2) is 0 Å². The monoisotopic (exact) mass is 145 g/mol. The Morgan fingerprint density at radius 3 is 2.22 bits per heavy atom. The van der Waals surface area contributed by atoms with E-state index in [0.717, 1.165) is 0 Å². The zero-order valence-electron chi connectivity index (χ0n) is 6.35. The highest BCUT2D eigenvalue weighted by molar-refractivity contribution is 7.55.